The highest BCUT2D eigenvalue weighted by molar-refractivity contribution is 5.92. The zero-order valence-electron chi connectivity index (χ0n) is 15.0. The van der Waals surface area contributed by atoms with Crippen molar-refractivity contribution in [2.24, 2.45) is 0 Å². The summed E-state index contributed by atoms with van der Waals surface area (Å²) in [7, 11) is 0. The van der Waals surface area contributed by atoms with Crippen molar-refractivity contribution >= 4 is 11.7 Å². The summed E-state index contributed by atoms with van der Waals surface area (Å²) in [5.74, 6) is 1.64. The lowest BCUT2D eigenvalue weighted by atomic mass is 10.3. The smallest absolute Gasteiger partial charge is 0.274 e. The lowest BCUT2D eigenvalue weighted by molar-refractivity contribution is 0.0766. The van der Waals surface area contributed by atoms with E-state index in [-0.39, 0.29) is 12.0 Å². The molecule has 0 aliphatic carbocycles. The Balaban J connectivity index is 1.42. The van der Waals surface area contributed by atoms with Crippen LogP contribution in [0.15, 0.2) is 30.7 Å². The van der Waals surface area contributed by atoms with Crippen molar-refractivity contribution in [3.05, 3.63) is 42.1 Å². The number of carbonyl (C=O) groups excluding carboxylic acids is 1. The molecule has 7 heteroatoms. The normalized spacial score (nSPS) is 19.8. The summed E-state index contributed by atoms with van der Waals surface area (Å²) in [6, 6.07) is 3.87. The molecule has 2 aromatic rings. The summed E-state index contributed by atoms with van der Waals surface area (Å²) >= 11 is 0. The Labute approximate surface area is 153 Å². The highest BCUT2D eigenvalue weighted by Gasteiger charge is 2.30. The van der Waals surface area contributed by atoms with Crippen LogP contribution in [0.2, 0.25) is 0 Å². The molecular weight excluding hydrogens is 330 g/mol. The van der Waals surface area contributed by atoms with Gasteiger partial charge in [-0.15, -0.1) is 0 Å². The number of carbonyl (C=O) groups is 1. The van der Waals surface area contributed by atoms with Gasteiger partial charge in [-0.3, -0.25) is 9.78 Å². The zero-order chi connectivity index (χ0) is 17.9. The van der Waals surface area contributed by atoms with Crippen LogP contribution < -0.4 is 9.64 Å². The van der Waals surface area contributed by atoms with Crippen LogP contribution in [0.5, 0.6) is 5.75 Å². The number of aromatic nitrogens is 3. The predicted octanol–water partition coefficient (Wildman–Crippen LogP) is 2.07. The molecule has 0 saturated carbocycles. The molecule has 4 rings (SSSR count). The minimum absolute atomic E-state index is 0.0251. The monoisotopic (exact) mass is 353 g/mol. The number of anilines is 1. The van der Waals surface area contributed by atoms with Crippen LogP contribution in [0.25, 0.3) is 0 Å². The second-order valence-electron chi connectivity index (χ2n) is 6.84. The molecule has 2 aliphatic rings. The topological polar surface area (TPSA) is 71.5 Å². The van der Waals surface area contributed by atoms with Crippen molar-refractivity contribution in [1.82, 2.24) is 19.9 Å². The number of ether oxygens (including phenoxy) is 1. The number of rotatable bonds is 4. The third kappa shape index (κ3) is 3.47. The van der Waals surface area contributed by atoms with Crippen LogP contribution in [-0.4, -0.2) is 58.0 Å². The molecule has 0 aromatic carbocycles. The molecule has 0 N–H and O–H groups in total. The summed E-state index contributed by atoms with van der Waals surface area (Å²) in [5.41, 5.74) is 1.19. The molecule has 2 aliphatic heterocycles. The summed E-state index contributed by atoms with van der Waals surface area (Å²) in [6.07, 6.45) is 8.13. The SMILES string of the molecule is Cc1cnc(C(=O)N2CC[C@@H](Oc3cccnc3N3CCCC3)C2)cn1. The molecule has 2 fully saturated rings. The maximum Gasteiger partial charge on any atom is 0.274 e. The molecule has 0 bridgehead atoms. The molecule has 26 heavy (non-hydrogen) atoms. The van der Waals surface area contributed by atoms with Gasteiger partial charge in [0.1, 0.15) is 11.8 Å². The summed E-state index contributed by atoms with van der Waals surface area (Å²) in [6.45, 7) is 5.12. The standard InChI is InChI=1S/C19H23N5O2/c1-14-11-22-16(12-21-14)19(25)24-10-6-15(13-24)26-17-5-4-7-20-18(17)23-8-2-3-9-23/h4-5,7,11-12,15H,2-3,6,8-10,13H2,1H3/t15-/m1/s1. The maximum atomic E-state index is 12.6. The fourth-order valence-electron chi connectivity index (χ4n) is 3.49. The average molecular weight is 353 g/mol. The van der Waals surface area contributed by atoms with E-state index in [0.29, 0.717) is 18.8 Å². The van der Waals surface area contributed by atoms with Gasteiger partial charge in [0.2, 0.25) is 0 Å². The predicted molar refractivity (Wildman–Crippen MR) is 97.4 cm³/mol. The van der Waals surface area contributed by atoms with Gasteiger partial charge >= 0.3 is 0 Å². The summed E-state index contributed by atoms with van der Waals surface area (Å²) in [4.78, 5) is 29.5. The highest BCUT2D eigenvalue weighted by Crippen LogP contribution is 2.30. The van der Waals surface area contributed by atoms with Crippen molar-refractivity contribution in [3.8, 4) is 5.75 Å². The van der Waals surface area contributed by atoms with E-state index in [1.54, 1.807) is 23.5 Å². The molecule has 136 valence electrons. The quantitative estimate of drug-likeness (QED) is 0.838. The van der Waals surface area contributed by atoms with Gasteiger partial charge in [0.05, 0.1) is 18.4 Å². The van der Waals surface area contributed by atoms with Gasteiger partial charge in [-0.2, -0.15) is 0 Å². The fourth-order valence-corrected chi connectivity index (χ4v) is 3.49. The molecule has 7 nitrogen and oxygen atoms in total. The molecule has 0 spiro atoms. The fraction of sp³-hybridized carbons (Fsp3) is 0.474. The first kappa shape index (κ1) is 16.8. The van der Waals surface area contributed by atoms with Crippen LogP contribution in [-0.2, 0) is 0 Å². The van der Waals surface area contributed by atoms with E-state index in [1.165, 1.54) is 12.8 Å². The van der Waals surface area contributed by atoms with E-state index >= 15 is 0 Å². The Morgan fingerprint density at radius 1 is 1.15 bits per heavy atom. The van der Waals surface area contributed by atoms with E-state index in [2.05, 4.69) is 19.9 Å². The van der Waals surface area contributed by atoms with Crippen molar-refractivity contribution < 1.29 is 9.53 Å². The van der Waals surface area contributed by atoms with Crippen molar-refractivity contribution in [1.29, 1.82) is 0 Å². The minimum Gasteiger partial charge on any atom is -0.485 e. The van der Waals surface area contributed by atoms with E-state index in [1.807, 2.05) is 19.1 Å². The van der Waals surface area contributed by atoms with Gasteiger partial charge in [-0.1, -0.05) is 0 Å². The van der Waals surface area contributed by atoms with Gasteiger partial charge in [-0.25, -0.2) is 9.97 Å². The second kappa shape index (κ2) is 7.27. The van der Waals surface area contributed by atoms with Crippen molar-refractivity contribution in [3.63, 3.8) is 0 Å². The van der Waals surface area contributed by atoms with Gasteiger partial charge < -0.3 is 14.5 Å². The number of likely N-dealkylation sites (tertiary alicyclic amines) is 1. The lowest BCUT2D eigenvalue weighted by Gasteiger charge is -2.22. The molecule has 1 amide bonds. The van der Waals surface area contributed by atoms with Crippen LogP contribution in [0, 0.1) is 6.92 Å². The van der Waals surface area contributed by atoms with E-state index in [4.69, 9.17) is 4.74 Å². The Hall–Kier alpha value is -2.70. The van der Waals surface area contributed by atoms with Gasteiger partial charge in [-0.05, 0) is 31.9 Å². The molecule has 2 saturated heterocycles. The van der Waals surface area contributed by atoms with Gasteiger partial charge in [0.15, 0.2) is 11.6 Å². The molecule has 0 radical (unpaired) electrons. The Kier molecular flexibility index (Phi) is 4.69. The summed E-state index contributed by atoms with van der Waals surface area (Å²) in [5, 5.41) is 0. The molecular formula is C19H23N5O2. The van der Waals surface area contributed by atoms with Gasteiger partial charge in [0, 0.05) is 38.4 Å². The molecule has 4 heterocycles. The van der Waals surface area contributed by atoms with Crippen LogP contribution >= 0.6 is 0 Å². The lowest BCUT2D eigenvalue weighted by Crippen LogP contribution is -2.32. The maximum absolute atomic E-state index is 12.6. The van der Waals surface area contributed by atoms with E-state index in [9.17, 15) is 4.79 Å². The Morgan fingerprint density at radius 3 is 2.77 bits per heavy atom. The van der Waals surface area contributed by atoms with Crippen LogP contribution in [0.4, 0.5) is 5.82 Å². The second-order valence-corrected chi connectivity index (χ2v) is 6.84. The van der Waals surface area contributed by atoms with Crippen LogP contribution in [0.3, 0.4) is 0 Å². The number of nitrogens with zero attached hydrogens (tertiary/aromatic N) is 5. The largest absolute Gasteiger partial charge is 0.485 e. The minimum atomic E-state index is -0.0884. The first-order chi connectivity index (χ1) is 12.7. The van der Waals surface area contributed by atoms with Gasteiger partial charge in [0.25, 0.3) is 5.91 Å². The summed E-state index contributed by atoms with van der Waals surface area (Å²) < 4.78 is 6.22. The Bertz CT molecular complexity index is 774. The van der Waals surface area contributed by atoms with E-state index in [0.717, 1.165) is 36.8 Å². The van der Waals surface area contributed by atoms with Crippen LogP contribution in [0.1, 0.15) is 35.4 Å². The molecule has 2 aromatic heterocycles. The number of amides is 1. The average Bonchev–Trinajstić information content (AvgIpc) is 3.34. The van der Waals surface area contributed by atoms with E-state index < -0.39 is 0 Å². The number of hydrogen-bond donors (Lipinski definition) is 0. The highest BCUT2D eigenvalue weighted by atomic mass is 16.5. The van der Waals surface area contributed by atoms with Crippen molar-refractivity contribution in [2.45, 2.75) is 32.3 Å². The zero-order valence-corrected chi connectivity index (χ0v) is 15.0. The molecule has 0 unspecified atom stereocenters. The molecule has 1 atom stereocenters. The number of aryl methyl sites for hydroxylation is 1. The Morgan fingerprint density at radius 2 is 2.00 bits per heavy atom. The first-order valence-corrected chi connectivity index (χ1v) is 9.15. The first-order valence-electron chi connectivity index (χ1n) is 9.15. The third-order valence-corrected chi connectivity index (χ3v) is 4.88. The van der Waals surface area contributed by atoms with Crippen molar-refractivity contribution in [2.75, 3.05) is 31.1 Å². The third-order valence-electron chi connectivity index (χ3n) is 4.88. The number of pyridine rings is 1. The number of hydrogen-bond acceptors (Lipinski definition) is 6.